The molecule has 1 amide bonds. The molecule has 0 saturated heterocycles. The summed E-state index contributed by atoms with van der Waals surface area (Å²) in [5.74, 6) is -0.273. The van der Waals surface area contributed by atoms with Crippen molar-refractivity contribution in [3.05, 3.63) is 44.3 Å². The molecule has 9 nitrogen and oxygen atoms in total. The second-order valence-corrected chi connectivity index (χ2v) is 6.47. The number of para-hydroxylation sites is 1. The van der Waals surface area contributed by atoms with E-state index in [-0.39, 0.29) is 17.1 Å². The fourth-order valence-electron chi connectivity index (χ4n) is 2.79. The van der Waals surface area contributed by atoms with Crippen molar-refractivity contribution in [3.63, 3.8) is 0 Å². The van der Waals surface area contributed by atoms with Gasteiger partial charge in [0.05, 0.1) is 10.5 Å². The number of hydrogen-bond acceptors (Lipinski definition) is 5. The lowest BCUT2D eigenvalue weighted by atomic mass is 10.0. The van der Waals surface area contributed by atoms with E-state index in [1.807, 2.05) is 0 Å². The van der Waals surface area contributed by atoms with E-state index >= 15 is 0 Å². The predicted molar refractivity (Wildman–Crippen MR) is 94.6 cm³/mol. The summed E-state index contributed by atoms with van der Waals surface area (Å²) >= 11 is 0. The minimum Gasteiger partial charge on any atom is -0.373 e. The summed E-state index contributed by atoms with van der Waals surface area (Å²) in [6, 6.07) is 4.54. The summed E-state index contributed by atoms with van der Waals surface area (Å²) < 4.78 is 0. The van der Waals surface area contributed by atoms with Gasteiger partial charge in [-0.15, -0.1) is 0 Å². The Labute approximate surface area is 145 Å². The third-order valence-corrected chi connectivity index (χ3v) is 4.35. The molecule has 0 atom stereocenters. The maximum Gasteiger partial charge on any atom is 0.293 e. The number of carbonyl (C=O) groups is 1. The molecule has 9 heteroatoms. The van der Waals surface area contributed by atoms with Crippen molar-refractivity contribution in [2.45, 2.75) is 37.6 Å². The van der Waals surface area contributed by atoms with Gasteiger partial charge >= 0.3 is 0 Å². The largest absolute Gasteiger partial charge is 0.373 e. The highest BCUT2D eigenvalue weighted by atomic mass is 16.6. The molecule has 0 spiro atoms. The van der Waals surface area contributed by atoms with Gasteiger partial charge in [-0.3, -0.25) is 14.9 Å². The second-order valence-electron chi connectivity index (χ2n) is 6.47. The molecule has 25 heavy (non-hydrogen) atoms. The van der Waals surface area contributed by atoms with Crippen molar-refractivity contribution >= 4 is 17.3 Å². The molecule has 1 aliphatic rings. The lowest BCUT2D eigenvalue weighted by molar-refractivity contribution is -0.384. The Morgan fingerprint density at radius 3 is 2.72 bits per heavy atom. The van der Waals surface area contributed by atoms with E-state index in [4.69, 9.17) is 5.53 Å². The number of azide groups is 1. The molecule has 2 rings (SSSR count). The first-order valence-electron chi connectivity index (χ1n) is 8.18. The van der Waals surface area contributed by atoms with E-state index in [9.17, 15) is 14.9 Å². The van der Waals surface area contributed by atoms with E-state index in [0.717, 1.165) is 32.1 Å². The zero-order valence-corrected chi connectivity index (χ0v) is 14.4. The topological polar surface area (TPSA) is 124 Å². The van der Waals surface area contributed by atoms with Crippen LogP contribution in [0.1, 0.15) is 42.5 Å². The normalized spacial score (nSPS) is 14.3. The molecule has 0 radical (unpaired) electrons. The SMILES string of the molecule is CN(C)C(=O)c1cccc([N+](=O)[O-])c1NC1(CCCCN=[N+]=[N-])CC1. The summed E-state index contributed by atoms with van der Waals surface area (Å²) in [7, 11) is 3.24. The number of carbonyl (C=O) groups excluding carboxylic acids is 1. The monoisotopic (exact) mass is 346 g/mol. The van der Waals surface area contributed by atoms with Crippen LogP contribution in [-0.2, 0) is 0 Å². The van der Waals surface area contributed by atoms with Gasteiger partial charge in [0.1, 0.15) is 5.69 Å². The van der Waals surface area contributed by atoms with Crippen molar-refractivity contribution in [1.29, 1.82) is 0 Å². The van der Waals surface area contributed by atoms with Crippen LogP contribution in [0.3, 0.4) is 0 Å². The first-order valence-corrected chi connectivity index (χ1v) is 8.18. The molecule has 1 aliphatic carbocycles. The summed E-state index contributed by atoms with van der Waals surface area (Å²) in [5, 5.41) is 18.2. The second kappa shape index (κ2) is 7.85. The minimum absolute atomic E-state index is 0.0898. The Morgan fingerprint density at radius 2 is 2.16 bits per heavy atom. The lowest BCUT2D eigenvalue weighted by Gasteiger charge is -2.21. The van der Waals surface area contributed by atoms with Crippen LogP contribution in [0.2, 0.25) is 0 Å². The number of nitro groups is 1. The average Bonchev–Trinajstić information content (AvgIpc) is 3.33. The lowest BCUT2D eigenvalue weighted by Crippen LogP contribution is -2.27. The summed E-state index contributed by atoms with van der Waals surface area (Å²) in [5.41, 5.74) is 8.58. The summed E-state index contributed by atoms with van der Waals surface area (Å²) in [4.78, 5) is 27.5. The third kappa shape index (κ3) is 4.60. The number of nitro benzene ring substituents is 1. The van der Waals surface area contributed by atoms with Gasteiger partial charge < -0.3 is 10.2 Å². The van der Waals surface area contributed by atoms with Crippen LogP contribution >= 0.6 is 0 Å². The highest BCUT2D eigenvalue weighted by Crippen LogP contribution is 2.45. The molecule has 1 fully saturated rings. The van der Waals surface area contributed by atoms with Gasteiger partial charge in [-0.05, 0) is 37.3 Å². The Kier molecular flexibility index (Phi) is 5.82. The smallest absolute Gasteiger partial charge is 0.293 e. The zero-order valence-electron chi connectivity index (χ0n) is 14.4. The minimum atomic E-state index is -0.466. The molecule has 0 heterocycles. The number of benzene rings is 1. The van der Waals surface area contributed by atoms with Crippen molar-refractivity contribution in [1.82, 2.24) is 4.90 Å². The predicted octanol–water partition coefficient (Wildman–Crippen LogP) is 3.72. The van der Waals surface area contributed by atoms with E-state index < -0.39 is 4.92 Å². The Balaban J connectivity index is 2.20. The zero-order chi connectivity index (χ0) is 18.4. The van der Waals surface area contributed by atoms with E-state index in [2.05, 4.69) is 15.3 Å². The van der Waals surface area contributed by atoms with Crippen LogP contribution in [0.5, 0.6) is 0 Å². The molecule has 1 aromatic carbocycles. The number of amides is 1. The van der Waals surface area contributed by atoms with Crippen LogP contribution in [0.4, 0.5) is 11.4 Å². The van der Waals surface area contributed by atoms with Gasteiger partial charge in [-0.25, -0.2) is 0 Å². The van der Waals surface area contributed by atoms with Crippen molar-refractivity contribution in [2.24, 2.45) is 5.11 Å². The Bertz CT molecular complexity index is 708. The van der Waals surface area contributed by atoms with Gasteiger partial charge in [0.2, 0.25) is 0 Å². The number of anilines is 1. The quantitative estimate of drug-likeness (QED) is 0.183. The number of nitrogens with zero attached hydrogens (tertiary/aromatic N) is 5. The van der Waals surface area contributed by atoms with Gasteiger partial charge in [-0.2, -0.15) is 0 Å². The van der Waals surface area contributed by atoms with Crippen LogP contribution in [-0.4, -0.2) is 41.9 Å². The Hall–Kier alpha value is -2.80. The van der Waals surface area contributed by atoms with Crippen LogP contribution < -0.4 is 5.32 Å². The summed E-state index contributed by atoms with van der Waals surface area (Å²) in [6.45, 7) is 0.447. The fraction of sp³-hybridized carbons (Fsp3) is 0.562. The molecule has 1 saturated carbocycles. The molecule has 134 valence electrons. The first kappa shape index (κ1) is 18.5. The van der Waals surface area contributed by atoms with E-state index in [1.165, 1.54) is 17.0 Å². The average molecular weight is 346 g/mol. The van der Waals surface area contributed by atoms with Crippen molar-refractivity contribution in [2.75, 3.05) is 26.0 Å². The molecule has 0 aliphatic heterocycles. The number of rotatable bonds is 9. The molecular formula is C16H22N6O3. The Morgan fingerprint density at radius 1 is 1.44 bits per heavy atom. The number of hydrogen-bond donors (Lipinski definition) is 1. The van der Waals surface area contributed by atoms with Gasteiger partial charge in [-0.1, -0.05) is 17.6 Å². The summed E-state index contributed by atoms with van der Waals surface area (Å²) in [6.07, 6.45) is 4.24. The molecular weight excluding hydrogens is 324 g/mol. The van der Waals surface area contributed by atoms with Crippen molar-refractivity contribution < 1.29 is 9.72 Å². The molecule has 1 aromatic rings. The number of unbranched alkanes of at least 4 members (excludes halogenated alkanes) is 1. The van der Waals surface area contributed by atoms with Crippen molar-refractivity contribution in [3.8, 4) is 0 Å². The maximum atomic E-state index is 12.4. The highest BCUT2D eigenvalue weighted by Gasteiger charge is 2.43. The van der Waals surface area contributed by atoms with E-state index in [0.29, 0.717) is 17.8 Å². The van der Waals surface area contributed by atoms with Crippen LogP contribution in [0.15, 0.2) is 23.3 Å². The molecule has 0 bridgehead atoms. The standard InChI is InChI=1S/C16H22N6O3/c1-21(2)15(23)12-6-5-7-13(22(24)25)14(12)19-16(9-10-16)8-3-4-11-18-20-17/h5-7,19H,3-4,8-11H2,1-2H3. The van der Waals surface area contributed by atoms with E-state index in [1.54, 1.807) is 20.2 Å². The van der Waals surface area contributed by atoms with Crippen LogP contribution in [0, 0.1) is 10.1 Å². The van der Waals surface area contributed by atoms with Gasteiger partial charge in [0.25, 0.3) is 11.6 Å². The van der Waals surface area contributed by atoms with Crippen LogP contribution in [0.25, 0.3) is 10.4 Å². The van der Waals surface area contributed by atoms with Gasteiger partial charge in [0.15, 0.2) is 0 Å². The number of nitrogens with one attached hydrogen (secondary N) is 1. The fourth-order valence-corrected chi connectivity index (χ4v) is 2.79. The molecule has 0 aromatic heterocycles. The third-order valence-electron chi connectivity index (χ3n) is 4.35. The highest BCUT2D eigenvalue weighted by molar-refractivity contribution is 6.01. The first-order chi connectivity index (χ1) is 11.9. The molecule has 0 unspecified atom stereocenters. The van der Waals surface area contributed by atoms with Gasteiger partial charge in [0, 0.05) is 37.2 Å². The molecule has 1 N–H and O–H groups in total. The maximum absolute atomic E-state index is 12.4.